The monoisotopic (exact) mass is 360 g/mol. The molecule has 0 unspecified atom stereocenters. The van der Waals surface area contributed by atoms with E-state index in [0.717, 1.165) is 16.8 Å². The minimum Gasteiger partial charge on any atom is -0.454 e. The maximum Gasteiger partial charge on any atom is 0.232 e. The van der Waals surface area contributed by atoms with Gasteiger partial charge in [-0.15, -0.1) is 0 Å². The molecule has 3 aliphatic heterocycles. The van der Waals surface area contributed by atoms with Crippen molar-refractivity contribution in [2.75, 3.05) is 19.6 Å². The summed E-state index contributed by atoms with van der Waals surface area (Å²) in [6, 6.07) is 5.61. The van der Waals surface area contributed by atoms with E-state index in [2.05, 4.69) is 0 Å². The van der Waals surface area contributed by atoms with Gasteiger partial charge in [0.2, 0.25) is 16.8 Å². The molecule has 1 fully saturated rings. The number of hydrogen-bond acceptors (Lipinski definition) is 5. The van der Waals surface area contributed by atoms with Crippen molar-refractivity contribution in [3.05, 3.63) is 41.1 Å². The average molecular weight is 360 g/mol. The van der Waals surface area contributed by atoms with Gasteiger partial charge < -0.3 is 9.47 Å². The smallest absolute Gasteiger partial charge is 0.232 e. The van der Waals surface area contributed by atoms with Gasteiger partial charge >= 0.3 is 0 Å². The second-order valence-corrected chi connectivity index (χ2v) is 8.58. The average Bonchev–Trinajstić information content (AvgIpc) is 3.18. The summed E-state index contributed by atoms with van der Waals surface area (Å²) >= 11 is 0. The topological polar surface area (TPSA) is 68.2 Å². The molecule has 132 valence electrons. The van der Waals surface area contributed by atoms with Gasteiger partial charge in [0.1, 0.15) is 5.54 Å². The number of fused-ring (bicyclic) bond motifs is 1. The molecule has 0 aromatic heterocycles. The van der Waals surface area contributed by atoms with Gasteiger partial charge in [-0.25, -0.2) is 8.42 Å². The molecule has 3 heterocycles. The van der Waals surface area contributed by atoms with E-state index in [1.165, 1.54) is 10.6 Å². The van der Waals surface area contributed by atoms with Gasteiger partial charge in [-0.3, -0.25) is 9.30 Å². The summed E-state index contributed by atoms with van der Waals surface area (Å²) in [5, 5.41) is 0. The summed E-state index contributed by atoms with van der Waals surface area (Å²) in [5.41, 5.74) is 2.96. The van der Waals surface area contributed by atoms with Crippen molar-refractivity contribution >= 4 is 21.8 Å². The van der Waals surface area contributed by atoms with Crippen molar-refractivity contribution in [1.82, 2.24) is 4.31 Å². The first kappa shape index (κ1) is 16.2. The van der Waals surface area contributed by atoms with E-state index in [1.807, 2.05) is 44.2 Å². The minimum absolute atomic E-state index is 0.208. The first-order chi connectivity index (χ1) is 11.8. The number of benzene rings is 1. The lowest BCUT2D eigenvalue weighted by molar-refractivity contribution is 0.174. The molecule has 6 nitrogen and oxygen atoms in total. The van der Waals surface area contributed by atoms with Crippen molar-refractivity contribution in [3.8, 4) is 11.5 Å². The summed E-state index contributed by atoms with van der Waals surface area (Å²) in [6.07, 6.45) is 5.81. The second-order valence-electron chi connectivity index (χ2n) is 6.67. The van der Waals surface area contributed by atoms with Gasteiger partial charge in [0, 0.05) is 18.7 Å². The zero-order valence-corrected chi connectivity index (χ0v) is 15.3. The van der Waals surface area contributed by atoms with Crippen LogP contribution in [-0.2, 0) is 10.0 Å². The molecular weight excluding hydrogens is 340 g/mol. The molecule has 1 spiro atoms. The van der Waals surface area contributed by atoms with E-state index in [1.54, 1.807) is 0 Å². The summed E-state index contributed by atoms with van der Waals surface area (Å²) in [5.74, 6) is 1.37. The van der Waals surface area contributed by atoms with Crippen LogP contribution in [0, 0.1) is 0 Å². The molecule has 1 atom stereocenters. The lowest BCUT2D eigenvalue weighted by Gasteiger charge is -2.27. The van der Waals surface area contributed by atoms with Crippen LogP contribution in [0.25, 0.3) is 6.08 Å². The number of ether oxygens (including phenoxy) is 2. The van der Waals surface area contributed by atoms with Gasteiger partial charge in [-0.05, 0) is 49.3 Å². The molecule has 25 heavy (non-hydrogen) atoms. The van der Waals surface area contributed by atoms with Gasteiger partial charge in [0.25, 0.3) is 0 Å². The van der Waals surface area contributed by atoms with Gasteiger partial charge in [-0.2, -0.15) is 0 Å². The summed E-state index contributed by atoms with van der Waals surface area (Å²) in [6.45, 7) is 4.59. The molecule has 1 saturated heterocycles. The summed E-state index contributed by atoms with van der Waals surface area (Å²) in [4.78, 5) is 4.81. The Bertz CT molecular complexity index is 946. The molecule has 1 aromatic rings. The molecule has 7 heteroatoms. The van der Waals surface area contributed by atoms with Crippen molar-refractivity contribution < 1.29 is 17.9 Å². The van der Waals surface area contributed by atoms with Gasteiger partial charge in [-0.1, -0.05) is 6.07 Å². The fraction of sp³-hybridized carbons (Fsp3) is 0.389. The van der Waals surface area contributed by atoms with E-state index in [-0.39, 0.29) is 6.79 Å². The van der Waals surface area contributed by atoms with E-state index < -0.39 is 15.6 Å². The molecule has 0 radical (unpaired) electrons. The minimum atomic E-state index is -3.38. The maximum absolute atomic E-state index is 12.3. The third kappa shape index (κ3) is 2.54. The lowest BCUT2D eigenvalue weighted by Crippen LogP contribution is -2.32. The summed E-state index contributed by atoms with van der Waals surface area (Å²) in [7, 11) is -3.38. The van der Waals surface area contributed by atoms with Crippen molar-refractivity contribution in [2.45, 2.75) is 25.8 Å². The number of hydrogen-bond donors (Lipinski definition) is 0. The Morgan fingerprint density at radius 2 is 2.00 bits per heavy atom. The zero-order valence-electron chi connectivity index (χ0n) is 14.4. The highest BCUT2D eigenvalue weighted by atomic mass is 32.2. The van der Waals surface area contributed by atoms with Crippen LogP contribution < -0.4 is 9.47 Å². The van der Waals surface area contributed by atoms with Crippen LogP contribution >= 0.6 is 0 Å². The van der Waals surface area contributed by atoms with Crippen molar-refractivity contribution in [3.63, 3.8) is 0 Å². The normalized spacial score (nSPS) is 26.5. The third-order valence-corrected chi connectivity index (χ3v) is 6.09. The standard InChI is InChI=1S/C18H20N2O4S/c1-12-8-13(2)19-18(12)6-7-20(25(3,21)22)17(18)10-14-4-5-15-16(9-14)24-11-23-15/h4-5,8-10H,6-7,11H2,1-3H3/b17-10+/t18-/m1/s1. The molecule has 3 aliphatic rings. The summed E-state index contributed by atoms with van der Waals surface area (Å²) < 4.78 is 36.9. The van der Waals surface area contributed by atoms with Crippen molar-refractivity contribution in [2.24, 2.45) is 4.99 Å². The van der Waals surface area contributed by atoms with Crippen LogP contribution in [0.5, 0.6) is 11.5 Å². The predicted octanol–water partition coefficient (Wildman–Crippen LogP) is 2.58. The predicted molar refractivity (Wildman–Crippen MR) is 96.3 cm³/mol. The fourth-order valence-electron chi connectivity index (χ4n) is 3.78. The van der Waals surface area contributed by atoms with Crippen LogP contribution in [0.3, 0.4) is 0 Å². The Balaban J connectivity index is 1.86. The quantitative estimate of drug-likeness (QED) is 0.813. The van der Waals surface area contributed by atoms with Gasteiger partial charge in [0.15, 0.2) is 11.5 Å². The fourth-order valence-corrected chi connectivity index (χ4v) is 4.77. The molecule has 4 rings (SSSR count). The molecule has 0 saturated carbocycles. The van der Waals surface area contributed by atoms with Crippen LogP contribution in [0.2, 0.25) is 0 Å². The maximum atomic E-state index is 12.3. The van der Waals surface area contributed by atoms with Crippen LogP contribution in [-0.4, -0.2) is 43.6 Å². The van der Waals surface area contributed by atoms with Crippen LogP contribution in [0.1, 0.15) is 25.8 Å². The Hall–Kier alpha value is -2.28. The number of allylic oxidation sites excluding steroid dienone is 1. The van der Waals surface area contributed by atoms with Crippen molar-refractivity contribution in [1.29, 1.82) is 0 Å². The molecule has 0 bridgehead atoms. The van der Waals surface area contributed by atoms with Gasteiger partial charge in [0.05, 0.1) is 12.0 Å². The molecule has 0 amide bonds. The number of aliphatic imine (C=N–C) groups is 1. The number of rotatable bonds is 2. The first-order valence-electron chi connectivity index (χ1n) is 8.14. The highest BCUT2D eigenvalue weighted by Gasteiger charge is 2.48. The molecular formula is C18H20N2O4S. The lowest BCUT2D eigenvalue weighted by atomic mass is 9.88. The number of nitrogens with zero attached hydrogens (tertiary/aromatic N) is 2. The largest absolute Gasteiger partial charge is 0.454 e. The molecule has 0 N–H and O–H groups in total. The Kier molecular flexibility index (Phi) is 3.47. The van der Waals surface area contributed by atoms with E-state index in [0.29, 0.717) is 30.2 Å². The Labute approximate surface area is 147 Å². The molecule has 1 aromatic carbocycles. The van der Waals surface area contributed by atoms with E-state index in [4.69, 9.17) is 14.5 Å². The Morgan fingerprint density at radius 3 is 2.68 bits per heavy atom. The highest BCUT2D eigenvalue weighted by Crippen LogP contribution is 2.46. The SMILES string of the molecule is CC1=CC(C)=N[C@]12CCN(S(C)(=O)=O)/C2=C/c1ccc2c(c1)OCO2. The number of sulfonamides is 1. The van der Waals surface area contributed by atoms with Crippen LogP contribution in [0.15, 0.2) is 40.5 Å². The van der Waals surface area contributed by atoms with E-state index in [9.17, 15) is 8.42 Å². The zero-order chi connectivity index (χ0) is 17.8. The molecule has 0 aliphatic carbocycles. The highest BCUT2D eigenvalue weighted by molar-refractivity contribution is 7.88. The van der Waals surface area contributed by atoms with E-state index >= 15 is 0 Å². The third-order valence-electron chi connectivity index (χ3n) is 4.91. The first-order valence-corrected chi connectivity index (χ1v) is 9.99. The second kappa shape index (κ2) is 5.36. The van der Waals surface area contributed by atoms with Crippen LogP contribution in [0.4, 0.5) is 0 Å². The Morgan fingerprint density at radius 1 is 1.24 bits per heavy atom.